The van der Waals surface area contributed by atoms with Gasteiger partial charge in [-0.1, -0.05) is 42.1 Å². The number of carbonyl (C=O) groups excluding carboxylic acids is 3. The fourth-order valence-electron chi connectivity index (χ4n) is 2.99. The summed E-state index contributed by atoms with van der Waals surface area (Å²) in [4.78, 5) is 48.8. The summed E-state index contributed by atoms with van der Waals surface area (Å²) in [5, 5.41) is 11.7. The Morgan fingerprint density at radius 3 is 2.63 bits per heavy atom. The molecule has 2 aliphatic rings. The number of hydrogen-bond donors (Lipinski definition) is 2. The van der Waals surface area contributed by atoms with E-state index in [0.717, 1.165) is 17.3 Å². The molecule has 9 heteroatoms. The maximum atomic E-state index is 12.5. The number of hydrogen-bond acceptors (Lipinski definition) is 6. The van der Waals surface area contributed by atoms with Crippen LogP contribution in [0.5, 0.6) is 0 Å². The molecule has 0 aromatic heterocycles. The normalized spacial score (nSPS) is 21.4. The van der Waals surface area contributed by atoms with Crippen LogP contribution in [0.15, 0.2) is 41.6 Å². The minimum atomic E-state index is -1.19. The molecule has 1 aromatic carbocycles. The second kappa shape index (κ2) is 8.18. The number of β-lactam (4-membered cyclic amide) rings is 1. The number of fused-ring (bicyclic) bond motifs is 1. The quantitative estimate of drug-likeness (QED) is 0.685. The van der Waals surface area contributed by atoms with Gasteiger partial charge in [-0.05, 0) is 11.1 Å². The maximum Gasteiger partial charge on any atom is 0.352 e. The second-order valence-electron chi connectivity index (χ2n) is 6.15. The average molecular weight is 406 g/mol. The molecule has 1 aromatic rings. The highest BCUT2D eigenvalue weighted by Gasteiger charge is 2.54. The molecule has 3 rings (SSSR count). The Hall–Kier alpha value is -2.26. The summed E-state index contributed by atoms with van der Waals surface area (Å²) in [6, 6.07) is 8.44. The summed E-state index contributed by atoms with van der Waals surface area (Å²) in [6.07, 6.45) is 0.157. The molecule has 2 N–H and O–H groups in total. The number of rotatable bonds is 6. The number of benzene rings is 1. The first-order valence-electron chi connectivity index (χ1n) is 8.25. The molecule has 2 atom stereocenters. The molecule has 0 aliphatic carbocycles. The van der Waals surface area contributed by atoms with Crippen LogP contribution >= 0.6 is 23.5 Å². The van der Waals surface area contributed by atoms with Crippen molar-refractivity contribution in [3.63, 3.8) is 0 Å². The van der Waals surface area contributed by atoms with E-state index in [1.54, 1.807) is 0 Å². The Balaban J connectivity index is 1.68. The van der Waals surface area contributed by atoms with E-state index >= 15 is 0 Å². The van der Waals surface area contributed by atoms with E-state index in [-0.39, 0.29) is 28.9 Å². The summed E-state index contributed by atoms with van der Waals surface area (Å²) in [7, 11) is 0. The first kappa shape index (κ1) is 19.5. The van der Waals surface area contributed by atoms with Gasteiger partial charge in [-0.3, -0.25) is 19.3 Å². The number of nitrogens with zero attached hydrogens (tertiary/aromatic N) is 1. The lowest BCUT2D eigenvalue weighted by Gasteiger charge is -2.49. The maximum absolute atomic E-state index is 12.5. The predicted octanol–water partition coefficient (Wildman–Crippen LogP) is 1.25. The van der Waals surface area contributed by atoms with Crippen molar-refractivity contribution in [3.8, 4) is 0 Å². The highest BCUT2D eigenvalue weighted by atomic mass is 32.2. The van der Waals surface area contributed by atoms with E-state index in [9.17, 15) is 24.3 Å². The fourth-order valence-corrected chi connectivity index (χ4v) is 5.08. The number of aliphatic carboxylic acids is 1. The van der Waals surface area contributed by atoms with Crippen LogP contribution in [0, 0.1) is 0 Å². The molecule has 1 fully saturated rings. The van der Waals surface area contributed by atoms with Gasteiger partial charge in [0.1, 0.15) is 17.1 Å². The van der Waals surface area contributed by atoms with E-state index in [4.69, 9.17) is 0 Å². The molecule has 0 bridgehead atoms. The monoisotopic (exact) mass is 406 g/mol. The van der Waals surface area contributed by atoms with Crippen LogP contribution in [0.2, 0.25) is 0 Å². The molecule has 7 nitrogen and oxygen atoms in total. The minimum absolute atomic E-state index is 0.0638. The van der Waals surface area contributed by atoms with Crippen LogP contribution in [-0.2, 0) is 25.6 Å². The van der Waals surface area contributed by atoms with Crippen molar-refractivity contribution in [2.45, 2.75) is 24.8 Å². The van der Waals surface area contributed by atoms with Crippen molar-refractivity contribution in [2.24, 2.45) is 0 Å². The molecule has 0 spiro atoms. The molecule has 0 radical (unpaired) electrons. The minimum Gasteiger partial charge on any atom is -0.477 e. The molecular weight excluding hydrogens is 388 g/mol. The van der Waals surface area contributed by atoms with E-state index < -0.39 is 23.3 Å². The van der Waals surface area contributed by atoms with Gasteiger partial charge in [0.25, 0.3) is 5.91 Å². The smallest absolute Gasteiger partial charge is 0.352 e. The number of carbonyl (C=O) groups is 4. The van der Waals surface area contributed by atoms with Crippen LogP contribution in [0.1, 0.15) is 12.5 Å². The Bertz CT molecular complexity index is 824. The van der Waals surface area contributed by atoms with Gasteiger partial charge in [-0.25, -0.2) is 4.79 Å². The molecule has 27 heavy (non-hydrogen) atoms. The second-order valence-corrected chi connectivity index (χ2v) is 8.41. The third-order valence-corrected chi connectivity index (χ3v) is 6.46. The van der Waals surface area contributed by atoms with Gasteiger partial charge in [0.05, 0.1) is 6.42 Å². The third kappa shape index (κ3) is 4.19. The van der Waals surface area contributed by atoms with Crippen molar-refractivity contribution in [1.29, 1.82) is 0 Å². The van der Waals surface area contributed by atoms with Crippen molar-refractivity contribution < 1.29 is 24.3 Å². The summed E-state index contributed by atoms with van der Waals surface area (Å²) in [5.74, 6) is -1.26. The molecule has 1 unspecified atom stereocenters. The molecule has 0 saturated carbocycles. The third-order valence-electron chi connectivity index (χ3n) is 4.22. The lowest BCUT2D eigenvalue weighted by molar-refractivity contribution is -0.150. The van der Waals surface area contributed by atoms with Crippen LogP contribution in [-0.4, -0.2) is 55.8 Å². The van der Waals surface area contributed by atoms with Crippen molar-refractivity contribution >= 4 is 46.4 Å². The summed E-state index contributed by atoms with van der Waals surface area (Å²) < 4.78 is 0. The van der Waals surface area contributed by atoms with Crippen LogP contribution in [0.4, 0.5) is 0 Å². The van der Waals surface area contributed by atoms with Gasteiger partial charge in [-0.15, -0.1) is 11.8 Å². The lowest BCUT2D eigenvalue weighted by atomic mass is 10.0. The number of carboxylic acid groups (broad SMARTS) is 1. The van der Waals surface area contributed by atoms with Gasteiger partial charge in [0, 0.05) is 18.4 Å². The van der Waals surface area contributed by atoms with Crippen molar-refractivity contribution in [3.05, 3.63) is 47.2 Å². The van der Waals surface area contributed by atoms with E-state index in [2.05, 4.69) is 5.32 Å². The van der Waals surface area contributed by atoms with Gasteiger partial charge in [0.15, 0.2) is 5.12 Å². The van der Waals surface area contributed by atoms with Crippen molar-refractivity contribution in [2.75, 3.05) is 11.5 Å². The zero-order chi connectivity index (χ0) is 19.6. The largest absolute Gasteiger partial charge is 0.477 e. The first-order chi connectivity index (χ1) is 12.9. The van der Waals surface area contributed by atoms with Gasteiger partial charge in [-0.2, -0.15) is 0 Å². The predicted molar refractivity (Wildman–Crippen MR) is 103 cm³/mol. The highest BCUT2D eigenvalue weighted by molar-refractivity contribution is 8.13. The molecule has 1 saturated heterocycles. The van der Waals surface area contributed by atoms with Gasteiger partial charge in [0.2, 0.25) is 5.91 Å². The molecule has 142 valence electrons. The number of thioether (sulfide) groups is 2. The first-order valence-corrected chi connectivity index (χ1v) is 10.3. The van der Waals surface area contributed by atoms with E-state index in [1.807, 2.05) is 30.3 Å². The number of nitrogens with one attached hydrogen (secondary N) is 1. The highest BCUT2D eigenvalue weighted by Crippen LogP contribution is 2.41. The standard InChI is InChI=1S/C18H18N2O5S2/c1-10(21)26-8-12-9-27-17-14(16(23)20(17)15(12)18(24)25)19-13(22)7-11-5-3-2-4-6-11/h2-6,14,17H,7-9H2,1H3,(H,19,22)(H,24,25)/t14?,17-/m0/s1. The summed E-state index contributed by atoms with van der Waals surface area (Å²) in [5.41, 5.74) is 1.32. The van der Waals surface area contributed by atoms with Crippen LogP contribution in [0.3, 0.4) is 0 Å². The van der Waals surface area contributed by atoms with Gasteiger partial charge >= 0.3 is 5.97 Å². The van der Waals surface area contributed by atoms with E-state index in [1.165, 1.54) is 23.6 Å². The fraction of sp³-hybridized carbons (Fsp3) is 0.333. The zero-order valence-corrected chi connectivity index (χ0v) is 16.1. The Morgan fingerprint density at radius 2 is 2.00 bits per heavy atom. The molecule has 2 amide bonds. The Morgan fingerprint density at radius 1 is 1.30 bits per heavy atom. The summed E-state index contributed by atoms with van der Waals surface area (Å²) >= 11 is 2.42. The lowest BCUT2D eigenvalue weighted by Crippen LogP contribution is -2.70. The Labute approximate surface area is 164 Å². The SMILES string of the molecule is CC(=O)SCC1=C(C(=O)O)N2C(=O)C(NC(=O)Cc3ccccc3)[C@@H]2SC1. The van der Waals surface area contributed by atoms with Crippen LogP contribution < -0.4 is 5.32 Å². The number of amides is 2. The van der Waals surface area contributed by atoms with Gasteiger partial charge < -0.3 is 10.4 Å². The summed E-state index contributed by atoms with van der Waals surface area (Å²) in [6.45, 7) is 1.41. The van der Waals surface area contributed by atoms with E-state index in [0.29, 0.717) is 11.3 Å². The zero-order valence-electron chi connectivity index (χ0n) is 14.5. The van der Waals surface area contributed by atoms with Crippen molar-refractivity contribution in [1.82, 2.24) is 10.2 Å². The van der Waals surface area contributed by atoms with Crippen LogP contribution in [0.25, 0.3) is 0 Å². The average Bonchev–Trinajstić information content (AvgIpc) is 2.64. The Kier molecular flexibility index (Phi) is 5.91. The molecule has 2 heterocycles. The molecular formula is C18H18N2O5S2. The number of carboxylic acids is 1. The topological polar surface area (TPSA) is 104 Å². The molecule has 2 aliphatic heterocycles.